The first kappa shape index (κ1) is 59.2. The Labute approximate surface area is 373 Å². The lowest BCUT2D eigenvalue weighted by Crippen LogP contribution is -2.57. The van der Waals surface area contributed by atoms with E-state index in [-0.39, 0.29) is 0 Å². The van der Waals surface area contributed by atoms with Crippen LogP contribution >= 0.6 is 0 Å². The quantitative estimate of drug-likeness (QED) is 0.0466. The van der Waals surface area contributed by atoms with E-state index in [1.807, 2.05) is 0 Å². The maximum atomic E-state index is 6.65. The molecule has 0 radical (unpaired) electrons. The van der Waals surface area contributed by atoms with Crippen LogP contribution in [0.25, 0.3) is 0 Å². The topological polar surface area (TPSA) is 70.2 Å². The van der Waals surface area contributed by atoms with Crippen molar-refractivity contribution < 1.29 is 21.8 Å². The third-order valence-corrected chi connectivity index (χ3v) is 19.6. The highest BCUT2D eigenvalue weighted by molar-refractivity contribution is 6.75. The summed E-state index contributed by atoms with van der Waals surface area (Å²) in [4.78, 5) is 0. The van der Waals surface area contributed by atoms with Crippen molar-refractivity contribution in [3.8, 4) is 0 Å². The summed E-state index contributed by atoms with van der Waals surface area (Å²) in [6.07, 6.45) is 52.9. The lowest BCUT2D eigenvalue weighted by molar-refractivity contribution is 0.0859. The summed E-state index contributed by atoms with van der Waals surface area (Å²) in [7, 11) is 1.05. The van der Waals surface area contributed by atoms with Crippen molar-refractivity contribution in [2.24, 2.45) is 0 Å². The van der Waals surface area contributed by atoms with E-state index in [2.05, 4.69) is 24.5 Å². The van der Waals surface area contributed by atoms with Crippen molar-refractivity contribution in [3.05, 3.63) is 0 Å². The van der Waals surface area contributed by atoms with E-state index in [9.17, 15) is 0 Å². The maximum Gasteiger partial charge on any atom is 0.493 e. The fourth-order valence-electron chi connectivity index (χ4n) is 8.49. The zero-order valence-electron chi connectivity index (χ0n) is 41.2. The van der Waals surface area contributed by atoms with Crippen molar-refractivity contribution in [2.45, 2.75) is 270 Å². The minimum atomic E-state index is -2.90. The molecule has 0 unspecified atom stereocenters. The van der Waals surface area contributed by atoms with Gasteiger partial charge < -0.3 is 32.5 Å². The zero-order chi connectivity index (χ0) is 43.1. The molecule has 0 atom stereocenters. The molecule has 0 aromatic rings. The van der Waals surface area contributed by atoms with E-state index in [0.717, 1.165) is 51.1 Å². The van der Waals surface area contributed by atoms with Gasteiger partial charge in [-0.2, -0.15) is 0 Å². The smallest absolute Gasteiger partial charge is 0.377 e. The standard InChI is InChI=1S/C50H108N2O5Si2/c1-7-9-11-13-15-17-19-21-23-25-27-29-31-33-35-37-39-41-45-51-47-43-49-58(53-3,54-4)57-59(55-5,56-6)50-44-48-52-46-42-40-38-36-34-32-30-28-26-24-22-20-18-16-14-12-10-8-2/h51-52H,7-50H2,1-6H3. The van der Waals surface area contributed by atoms with Crippen molar-refractivity contribution in [2.75, 3.05) is 54.6 Å². The number of rotatable bonds is 52. The Bertz CT molecular complexity index is 728. The highest BCUT2D eigenvalue weighted by Gasteiger charge is 2.51. The third-order valence-electron chi connectivity index (χ3n) is 12.6. The van der Waals surface area contributed by atoms with E-state index in [0.29, 0.717) is 0 Å². The van der Waals surface area contributed by atoms with Crippen molar-refractivity contribution in [3.63, 3.8) is 0 Å². The molecule has 2 N–H and O–H groups in total. The molecule has 0 amide bonds. The molecule has 0 spiro atoms. The summed E-state index contributed by atoms with van der Waals surface area (Å²) in [6, 6.07) is 1.51. The first-order chi connectivity index (χ1) is 29.1. The molecule has 0 saturated carbocycles. The summed E-state index contributed by atoms with van der Waals surface area (Å²) in [6.45, 7) is 8.65. The van der Waals surface area contributed by atoms with Crippen molar-refractivity contribution in [1.29, 1.82) is 0 Å². The van der Waals surface area contributed by atoms with Gasteiger partial charge in [0.05, 0.1) is 0 Å². The second-order valence-corrected chi connectivity index (χ2v) is 24.2. The molecular weight excluding hydrogens is 765 g/mol. The molecular formula is C50H108N2O5Si2. The summed E-state index contributed by atoms with van der Waals surface area (Å²) in [5.74, 6) is 0. The number of hydrogen-bond donors (Lipinski definition) is 2. The van der Waals surface area contributed by atoms with Crippen LogP contribution in [0.5, 0.6) is 0 Å². The van der Waals surface area contributed by atoms with Gasteiger partial charge in [0.25, 0.3) is 0 Å². The van der Waals surface area contributed by atoms with Crippen LogP contribution in [-0.2, 0) is 21.8 Å². The normalized spacial score (nSPS) is 12.3. The van der Waals surface area contributed by atoms with E-state index in [1.54, 1.807) is 28.4 Å². The molecule has 7 nitrogen and oxygen atoms in total. The van der Waals surface area contributed by atoms with Crippen molar-refractivity contribution >= 4 is 17.6 Å². The van der Waals surface area contributed by atoms with Crippen LogP contribution in [0.3, 0.4) is 0 Å². The fraction of sp³-hybridized carbons (Fsp3) is 1.00. The molecule has 0 rings (SSSR count). The van der Waals surface area contributed by atoms with Crippen LogP contribution in [0.1, 0.15) is 258 Å². The van der Waals surface area contributed by atoms with Gasteiger partial charge in [-0.25, -0.2) is 0 Å². The Morgan fingerprint density at radius 1 is 0.254 bits per heavy atom. The molecule has 0 aliphatic carbocycles. The van der Waals surface area contributed by atoms with Gasteiger partial charge in [-0.3, -0.25) is 0 Å². The predicted octanol–water partition coefficient (Wildman–Crippen LogP) is 15.5. The lowest BCUT2D eigenvalue weighted by atomic mass is 10.0. The highest BCUT2D eigenvalue weighted by Crippen LogP contribution is 2.26. The van der Waals surface area contributed by atoms with Crippen LogP contribution in [0.2, 0.25) is 12.1 Å². The van der Waals surface area contributed by atoms with Crippen LogP contribution in [0.15, 0.2) is 0 Å². The number of hydrogen-bond acceptors (Lipinski definition) is 7. The van der Waals surface area contributed by atoms with Gasteiger partial charge >= 0.3 is 17.6 Å². The third kappa shape index (κ3) is 39.5. The number of nitrogens with one attached hydrogen (secondary N) is 2. The molecule has 0 saturated heterocycles. The molecule has 0 fully saturated rings. The van der Waals surface area contributed by atoms with Gasteiger partial charge in [0.1, 0.15) is 0 Å². The van der Waals surface area contributed by atoms with E-state index < -0.39 is 17.6 Å². The van der Waals surface area contributed by atoms with Gasteiger partial charge in [0.15, 0.2) is 0 Å². The molecule has 0 bridgehead atoms. The molecule has 0 aromatic carbocycles. The Morgan fingerprint density at radius 3 is 0.644 bits per heavy atom. The first-order valence-electron chi connectivity index (χ1n) is 26.4. The highest BCUT2D eigenvalue weighted by atomic mass is 28.5. The largest absolute Gasteiger partial charge is 0.493 e. The average Bonchev–Trinajstić information content (AvgIpc) is 3.26. The average molecular weight is 874 g/mol. The summed E-state index contributed by atoms with van der Waals surface area (Å²) < 4.78 is 30.5. The van der Waals surface area contributed by atoms with Crippen LogP contribution in [0.4, 0.5) is 0 Å². The van der Waals surface area contributed by atoms with Gasteiger partial charge in [0.2, 0.25) is 0 Å². The van der Waals surface area contributed by atoms with Gasteiger partial charge in [-0.15, -0.1) is 0 Å². The summed E-state index contributed by atoms with van der Waals surface area (Å²) >= 11 is 0. The second kappa shape index (κ2) is 47.6. The van der Waals surface area contributed by atoms with Crippen LogP contribution < -0.4 is 10.6 Å². The minimum Gasteiger partial charge on any atom is -0.377 e. The van der Waals surface area contributed by atoms with Gasteiger partial charge in [-0.1, -0.05) is 232 Å². The van der Waals surface area contributed by atoms with E-state index in [1.165, 1.54) is 231 Å². The Morgan fingerprint density at radius 2 is 0.441 bits per heavy atom. The van der Waals surface area contributed by atoms with Crippen molar-refractivity contribution in [1.82, 2.24) is 10.6 Å². The SMILES string of the molecule is CCCCCCCCCCCCCCCCCCCCNCCC[Si](OC)(OC)O[Si](CCCNCCCCCCCCCCCCCCCCCCCC)(OC)OC. The maximum absolute atomic E-state index is 6.65. The monoisotopic (exact) mass is 873 g/mol. The zero-order valence-corrected chi connectivity index (χ0v) is 43.2. The van der Waals surface area contributed by atoms with Crippen LogP contribution in [-0.4, -0.2) is 72.2 Å². The molecule has 356 valence electrons. The molecule has 9 heteroatoms. The minimum absolute atomic E-state index is 0.755. The molecule has 59 heavy (non-hydrogen) atoms. The fourth-order valence-corrected chi connectivity index (χ4v) is 14.9. The molecule has 0 aliphatic heterocycles. The Kier molecular flexibility index (Phi) is 47.8. The Hall–Kier alpha value is 0.154. The summed E-state index contributed by atoms with van der Waals surface area (Å²) in [5, 5.41) is 7.28. The Balaban J connectivity index is 3.81. The van der Waals surface area contributed by atoms with E-state index in [4.69, 9.17) is 21.8 Å². The van der Waals surface area contributed by atoms with E-state index >= 15 is 0 Å². The van der Waals surface area contributed by atoms with Gasteiger partial charge in [-0.05, 0) is 51.9 Å². The first-order valence-corrected chi connectivity index (χ1v) is 30.3. The van der Waals surface area contributed by atoms with Gasteiger partial charge in [0, 0.05) is 40.5 Å². The lowest BCUT2D eigenvalue weighted by Gasteiger charge is -2.35. The second-order valence-electron chi connectivity index (χ2n) is 18.0. The predicted molar refractivity (Wildman–Crippen MR) is 263 cm³/mol. The molecule has 0 heterocycles. The van der Waals surface area contributed by atoms with Crippen LogP contribution in [0, 0.1) is 0 Å². The number of unbranched alkanes of at least 4 members (excludes halogenated alkanes) is 34. The molecule has 0 aromatic heterocycles. The summed E-state index contributed by atoms with van der Waals surface area (Å²) in [5.41, 5.74) is 0. The molecule has 0 aliphatic rings.